The second kappa shape index (κ2) is 6.47. The molecular formula is C15H18N4O4. The lowest BCUT2D eigenvalue weighted by atomic mass is 10.1. The van der Waals surface area contributed by atoms with E-state index in [0.29, 0.717) is 23.5 Å². The Kier molecular flexibility index (Phi) is 4.63. The van der Waals surface area contributed by atoms with Crippen LogP contribution in [-0.4, -0.2) is 27.7 Å². The molecule has 0 unspecified atom stereocenters. The van der Waals surface area contributed by atoms with Crippen molar-refractivity contribution in [3.8, 4) is 5.75 Å². The van der Waals surface area contributed by atoms with E-state index < -0.39 is 4.92 Å². The van der Waals surface area contributed by atoms with Gasteiger partial charge in [-0.3, -0.25) is 19.6 Å². The third kappa shape index (κ3) is 3.15. The van der Waals surface area contributed by atoms with Gasteiger partial charge in [-0.05, 0) is 26.8 Å². The predicted octanol–water partition coefficient (Wildman–Crippen LogP) is 2.69. The second-order valence-corrected chi connectivity index (χ2v) is 4.96. The fourth-order valence-electron chi connectivity index (χ4n) is 2.41. The van der Waals surface area contributed by atoms with Crippen LogP contribution in [0.2, 0.25) is 0 Å². The molecule has 0 aliphatic heterocycles. The number of nitro groups is 1. The van der Waals surface area contributed by atoms with Crippen LogP contribution in [0.25, 0.3) is 0 Å². The summed E-state index contributed by atoms with van der Waals surface area (Å²) in [6, 6.07) is 4.03. The smallest absolute Gasteiger partial charge is 0.273 e. The molecule has 1 aromatic heterocycles. The topological polar surface area (TPSA) is 99.3 Å². The quantitative estimate of drug-likeness (QED) is 0.675. The molecule has 1 amide bonds. The zero-order chi connectivity index (χ0) is 17.1. The van der Waals surface area contributed by atoms with Gasteiger partial charge < -0.3 is 10.1 Å². The van der Waals surface area contributed by atoms with Gasteiger partial charge in [0.05, 0.1) is 35.0 Å². The van der Waals surface area contributed by atoms with E-state index >= 15 is 0 Å². The number of hydrogen-bond acceptors (Lipinski definition) is 5. The zero-order valence-corrected chi connectivity index (χ0v) is 13.4. The molecule has 8 nitrogen and oxygen atoms in total. The van der Waals surface area contributed by atoms with E-state index in [9.17, 15) is 14.9 Å². The van der Waals surface area contributed by atoms with Gasteiger partial charge in [0.2, 0.25) is 0 Å². The maximum atomic E-state index is 12.5. The van der Waals surface area contributed by atoms with Gasteiger partial charge in [0, 0.05) is 18.3 Å². The van der Waals surface area contributed by atoms with Crippen molar-refractivity contribution in [2.45, 2.75) is 27.3 Å². The number of non-ortho nitro benzene ring substituents is 1. The number of rotatable bonds is 5. The summed E-state index contributed by atoms with van der Waals surface area (Å²) >= 11 is 0. The number of methoxy groups -OCH3 is 1. The largest absolute Gasteiger partial charge is 0.494 e. The van der Waals surface area contributed by atoms with E-state index in [-0.39, 0.29) is 17.3 Å². The molecule has 2 rings (SSSR count). The van der Waals surface area contributed by atoms with Crippen LogP contribution in [0.5, 0.6) is 5.75 Å². The molecule has 2 aromatic rings. The summed E-state index contributed by atoms with van der Waals surface area (Å²) in [5, 5.41) is 17.8. The van der Waals surface area contributed by atoms with Crippen LogP contribution < -0.4 is 10.1 Å². The Morgan fingerprint density at radius 2 is 2.13 bits per heavy atom. The fourth-order valence-corrected chi connectivity index (χ4v) is 2.41. The van der Waals surface area contributed by atoms with Crippen molar-refractivity contribution in [3.05, 3.63) is 45.3 Å². The summed E-state index contributed by atoms with van der Waals surface area (Å²) in [5.41, 5.74) is 2.15. The van der Waals surface area contributed by atoms with Crippen molar-refractivity contribution in [3.63, 3.8) is 0 Å². The minimum Gasteiger partial charge on any atom is -0.494 e. The van der Waals surface area contributed by atoms with Gasteiger partial charge >= 0.3 is 0 Å². The first-order chi connectivity index (χ1) is 10.9. The van der Waals surface area contributed by atoms with Gasteiger partial charge in [-0.2, -0.15) is 5.10 Å². The first-order valence-corrected chi connectivity index (χ1v) is 7.06. The third-order valence-electron chi connectivity index (χ3n) is 3.55. The monoisotopic (exact) mass is 318 g/mol. The Balaban J connectivity index is 2.34. The molecule has 0 radical (unpaired) electrons. The number of anilines is 1. The molecule has 0 spiro atoms. The number of benzene rings is 1. The summed E-state index contributed by atoms with van der Waals surface area (Å²) < 4.78 is 6.87. The molecule has 23 heavy (non-hydrogen) atoms. The summed E-state index contributed by atoms with van der Waals surface area (Å²) in [6.07, 6.45) is 0. The van der Waals surface area contributed by atoms with Crippen LogP contribution in [0.4, 0.5) is 11.4 Å². The van der Waals surface area contributed by atoms with Crippen LogP contribution in [0, 0.1) is 24.0 Å². The maximum Gasteiger partial charge on any atom is 0.273 e. The van der Waals surface area contributed by atoms with Crippen LogP contribution in [0.15, 0.2) is 18.2 Å². The number of nitrogens with zero attached hydrogens (tertiary/aromatic N) is 3. The third-order valence-corrected chi connectivity index (χ3v) is 3.55. The lowest BCUT2D eigenvalue weighted by molar-refractivity contribution is -0.384. The average Bonchev–Trinajstić information content (AvgIpc) is 2.81. The van der Waals surface area contributed by atoms with Gasteiger partial charge in [0.15, 0.2) is 0 Å². The number of aromatic nitrogens is 2. The lowest BCUT2D eigenvalue weighted by Gasteiger charge is -2.10. The lowest BCUT2D eigenvalue weighted by Crippen LogP contribution is -2.15. The summed E-state index contributed by atoms with van der Waals surface area (Å²) in [4.78, 5) is 22.8. The highest BCUT2D eigenvalue weighted by molar-refractivity contribution is 6.06. The Morgan fingerprint density at radius 1 is 1.43 bits per heavy atom. The van der Waals surface area contributed by atoms with Crippen molar-refractivity contribution in [2.24, 2.45) is 0 Å². The number of aryl methyl sites for hydroxylation is 2. The summed E-state index contributed by atoms with van der Waals surface area (Å²) in [6.45, 7) is 6.20. The van der Waals surface area contributed by atoms with Gasteiger partial charge in [-0.15, -0.1) is 0 Å². The van der Waals surface area contributed by atoms with Crippen molar-refractivity contribution in [2.75, 3.05) is 12.4 Å². The van der Waals surface area contributed by atoms with E-state index in [1.165, 1.54) is 25.3 Å². The van der Waals surface area contributed by atoms with Crippen LogP contribution >= 0.6 is 0 Å². The Labute approximate surface area is 133 Å². The van der Waals surface area contributed by atoms with Gasteiger partial charge in [-0.1, -0.05) is 0 Å². The Bertz CT molecular complexity index is 767. The van der Waals surface area contributed by atoms with E-state index in [2.05, 4.69) is 10.4 Å². The zero-order valence-electron chi connectivity index (χ0n) is 13.4. The normalized spacial score (nSPS) is 10.4. The standard InChI is InChI=1S/C15H18N4O4/c1-5-18-10(3)14(9(2)17-18)15(20)16-12-7-6-11(19(21)22)8-13(12)23-4/h6-8H,5H2,1-4H3,(H,16,20). The molecule has 1 aromatic carbocycles. The molecule has 8 heteroatoms. The van der Waals surface area contributed by atoms with Gasteiger partial charge in [0.1, 0.15) is 5.75 Å². The van der Waals surface area contributed by atoms with E-state index in [1.807, 2.05) is 13.8 Å². The molecule has 0 saturated heterocycles. The molecule has 0 bridgehead atoms. The van der Waals surface area contributed by atoms with E-state index in [4.69, 9.17) is 4.74 Å². The number of carbonyl (C=O) groups is 1. The van der Waals surface area contributed by atoms with Gasteiger partial charge in [-0.25, -0.2) is 0 Å². The SMILES string of the molecule is CCn1nc(C)c(C(=O)Nc2ccc([N+](=O)[O-])cc2OC)c1C. The van der Waals surface area contributed by atoms with Crippen molar-refractivity contribution in [1.29, 1.82) is 0 Å². The first-order valence-electron chi connectivity index (χ1n) is 7.06. The summed E-state index contributed by atoms with van der Waals surface area (Å²) in [7, 11) is 1.39. The highest BCUT2D eigenvalue weighted by atomic mass is 16.6. The Hall–Kier alpha value is -2.90. The predicted molar refractivity (Wildman–Crippen MR) is 85.0 cm³/mol. The average molecular weight is 318 g/mol. The highest BCUT2D eigenvalue weighted by Crippen LogP contribution is 2.29. The van der Waals surface area contributed by atoms with Crippen LogP contribution in [-0.2, 0) is 6.54 Å². The van der Waals surface area contributed by atoms with Crippen molar-refractivity contribution >= 4 is 17.3 Å². The molecule has 0 aliphatic rings. The number of nitro benzene ring substituents is 1. The number of amides is 1. The molecule has 0 saturated carbocycles. The maximum absolute atomic E-state index is 12.5. The van der Waals surface area contributed by atoms with E-state index in [1.54, 1.807) is 11.6 Å². The van der Waals surface area contributed by atoms with Gasteiger partial charge in [0.25, 0.3) is 11.6 Å². The molecule has 0 atom stereocenters. The van der Waals surface area contributed by atoms with Crippen LogP contribution in [0.1, 0.15) is 28.7 Å². The molecule has 0 fully saturated rings. The highest BCUT2D eigenvalue weighted by Gasteiger charge is 2.20. The number of carbonyl (C=O) groups excluding carboxylic acids is 1. The molecule has 1 heterocycles. The van der Waals surface area contributed by atoms with Crippen LogP contribution in [0.3, 0.4) is 0 Å². The second-order valence-electron chi connectivity index (χ2n) is 4.96. The molecule has 1 N–H and O–H groups in total. The number of ether oxygens (including phenoxy) is 1. The molecule has 0 aliphatic carbocycles. The fraction of sp³-hybridized carbons (Fsp3) is 0.333. The number of nitrogens with one attached hydrogen (secondary N) is 1. The van der Waals surface area contributed by atoms with E-state index in [0.717, 1.165) is 5.69 Å². The molecular weight excluding hydrogens is 300 g/mol. The minimum atomic E-state index is -0.520. The molecule has 122 valence electrons. The first kappa shape index (κ1) is 16.5. The van der Waals surface area contributed by atoms with Crippen molar-refractivity contribution in [1.82, 2.24) is 9.78 Å². The minimum absolute atomic E-state index is 0.106. The number of hydrogen-bond donors (Lipinski definition) is 1. The summed E-state index contributed by atoms with van der Waals surface area (Å²) in [5.74, 6) is -0.0995. The van der Waals surface area contributed by atoms with Crippen molar-refractivity contribution < 1.29 is 14.5 Å². The Morgan fingerprint density at radius 3 is 2.65 bits per heavy atom.